The number of carbonyl (C=O) groups is 1. The lowest BCUT2D eigenvalue weighted by Crippen LogP contribution is -2.33. The molecule has 1 unspecified atom stereocenters. The molecule has 150 valence electrons. The summed E-state index contributed by atoms with van der Waals surface area (Å²) in [4.78, 5) is 14.7. The molecule has 2 aromatic carbocycles. The molecule has 0 heterocycles. The van der Waals surface area contributed by atoms with Gasteiger partial charge in [-0.1, -0.05) is 49.4 Å². The molecule has 28 heavy (non-hydrogen) atoms. The van der Waals surface area contributed by atoms with E-state index < -0.39 is 0 Å². The van der Waals surface area contributed by atoms with Crippen molar-refractivity contribution >= 4 is 5.91 Å². The zero-order valence-electron chi connectivity index (χ0n) is 17.3. The SMILES string of the molecule is CCC(C(=O)N(C)C1CC1)c1cccc(OCCCCCc2ccccc2)c1. The predicted molar refractivity (Wildman–Crippen MR) is 115 cm³/mol. The minimum atomic E-state index is -0.0694. The van der Waals surface area contributed by atoms with Crippen molar-refractivity contribution in [2.24, 2.45) is 0 Å². The van der Waals surface area contributed by atoms with Crippen LogP contribution >= 0.6 is 0 Å². The second-order valence-electron chi connectivity index (χ2n) is 7.86. The van der Waals surface area contributed by atoms with Crippen LogP contribution in [0, 0.1) is 0 Å². The molecular weight excluding hydrogens is 346 g/mol. The van der Waals surface area contributed by atoms with E-state index >= 15 is 0 Å². The average molecular weight is 380 g/mol. The monoisotopic (exact) mass is 379 g/mol. The maximum atomic E-state index is 12.8. The van der Waals surface area contributed by atoms with Gasteiger partial charge in [0.15, 0.2) is 0 Å². The van der Waals surface area contributed by atoms with Gasteiger partial charge in [-0.2, -0.15) is 0 Å². The summed E-state index contributed by atoms with van der Waals surface area (Å²) in [5.41, 5.74) is 2.48. The number of hydrogen-bond acceptors (Lipinski definition) is 2. The van der Waals surface area contributed by atoms with Gasteiger partial charge in [0, 0.05) is 13.1 Å². The molecule has 0 radical (unpaired) electrons. The van der Waals surface area contributed by atoms with Gasteiger partial charge in [0.1, 0.15) is 5.75 Å². The number of unbranched alkanes of at least 4 members (excludes halogenated alkanes) is 2. The molecule has 1 aliphatic rings. The number of aryl methyl sites for hydroxylation is 1. The second kappa shape index (κ2) is 10.3. The molecule has 3 nitrogen and oxygen atoms in total. The molecule has 2 aromatic rings. The third kappa shape index (κ3) is 5.85. The summed E-state index contributed by atoms with van der Waals surface area (Å²) in [7, 11) is 1.94. The number of carbonyl (C=O) groups excluding carboxylic acids is 1. The van der Waals surface area contributed by atoms with Crippen LogP contribution in [0.1, 0.15) is 62.5 Å². The van der Waals surface area contributed by atoms with Crippen molar-refractivity contribution in [3.8, 4) is 5.75 Å². The van der Waals surface area contributed by atoms with Crippen LogP contribution in [-0.2, 0) is 11.2 Å². The van der Waals surface area contributed by atoms with E-state index in [1.807, 2.05) is 24.1 Å². The molecule has 1 atom stereocenters. The van der Waals surface area contributed by atoms with Gasteiger partial charge in [0.2, 0.25) is 5.91 Å². The van der Waals surface area contributed by atoms with Crippen molar-refractivity contribution in [3.63, 3.8) is 0 Å². The number of ether oxygens (including phenoxy) is 1. The van der Waals surface area contributed by atoms with E-state index in [0.717, 1.165) is 56.4 Å². The van der Waals surface area contributed by atoms with E-state index in [4.69, 9.17) is 4.74 Å². The van der Waals surface area contributed by atoms with Gasteiger partial charge in [-0.3, -0.25) is 4.79 Å². The summed E-state index contributed by atoms with van der Waals surface area (Å²) < 4.78 is 5.97. The highest BCUT2D eigenvalue weighted by Gasteiger charge is 2.33. The lowest BCUT2D eigenvalue weighted by Gasteiger charge is -2.23. The molecule has 0 spiro atoms. The van der Waals surface area contributed by atoms with Crippen LogP contribution in [0.2, 0.25) is 0 Å². The number of likely N-dealkylation sites (N-methyl/N-ethyl adjacent to an activating group) is 1. The molecular formula is C25H33NO2. The molecule has 0 aromatic heterocycles. The first-order valence-corrected chi connectivity index (χ1v) is 10.7. The Bertz CT molecular complexity index is 739. The van der Waals surface area contributed by atoms with E-state index in [1.165, 1.54) is 12.0 Å². The number of nitrogens with zero attached hydrogens (tertiary/aromatic N) is 1. The third-order valence-electron chi connectivity index (χ3n) is 5.63. The first-order chi connectivity index (χ1) is 13.7. The van der Waals surface area contributed by atoms with E-state index in [-0.39, 0.29) is 11.8 Å². The zero-order valence-corrected chi connectivity index (χ0v) is 17.3. The Kier molecular flexibility index (Phi) is 7.53. The molecule has 0 aliphatic heterocycles. The molecule has 3 heteroatoms. The maximum absolute atomic E-state index is 12.8. The van der Waals surface area contributed by atoms with Crippen LogP contribution in [0.4, 0.5) is 0 Å². The van der Waals surface area contributed by atoms with Crippen molar-refractivity contribution in [1.29, 1.82) is 0 Å². The van der Waals surface area contributed by atoms with Crippen LogP contribution in [-0.4, -0.2) is 30.5 Å². The predicted octanol–water partition coefficient (Wildman–Crippen LogP) is 5.59. The topological polar surface area (TPSA) is 29.5 Å². The van der Waals surface area contributed by atoms with Gasteiger partial charge in [0.05, 0.1) is 12.5 Å². The largest absolute Gasteiger partial charge is 0.494 e. The Morgan fingerprint density at radius 3 is 2.57 bits per heavy atom. The van der Waals surface area contributed by atoms with Gasteiger partial charge in [-0.15, -0.1) is 0 Å². The first-order valence-electron chi connectivity index (χ1n) is 10.7. The van der Waals surface area contributed by atoms with Gasteiger partial charge < -0.3 is 9.64 Å². The quantitative estimate of drug-likeness (QED) is 0.476. The minimum absolute atomic E-state index is 0.0694. The molecule has 0 N–H and O–H groups in total. The normalized spacial score (nSPS) is 14.5. The highest BCUT2D eigenvalue weighted by Crippen LogP contribution is 2.31. The number of hydrogen-bond donors (Lipinski definition) is 0. The van der Waals surface area contributed by atoms with Crippen molar-refractivity contribution in [1.82, 2.24) is 4.90 Å². The third-order valence-corrected chi connectivity index (χ3v) is 5.63. The second-order valence-corrected chi connectivity index (χ2v) is 7.86. The zero-order chi connectivity index (χ0) is 19.8. The minimum Gasteiger partial charge on any atom is -0.494 e. The van der Waals surface area contributed by atoms with Crippen LogP contribution in [0.25, 0.3) is 0 Å². The van der Waals surface area contributed by atoms with Crippen LogP contribution in [0.15, 0.2) is 54.6 Å². The van der Waals surface area contributed by atoms with Crippen molar-refractivity contribution in [2.45, 2.75) is 63.8 Å². The lowest BCUT2D eigenvalue weighted by molar-refractivity contribution is -0.132. The van der Waals surface area contributed by atoms with E-state index in [1.54, 1.807) is 0 Å². The average Bonchev–Trinajstić information content (AvgIpc) is 3.57. The summed E-state index contributed by atoms with van der Waals surface area (Å²) in [6.07, 6.45) is 7.64. The highest BCUT2D eigenvalue weighted by molar-refractivity contribution is 5.84. The fourth-order valence-electron chi connectivity index (χ4n) is 3.70. The van der Waals surface area contributed by atoms with Crippen molar-refractivity contribution in [3.05, 3.63) is 65.7 Å². The Morgan fingerprint density at radius 2 is 1.86 bits per heavy atom. The van der Waals surface area contributed by atoms with Gasteiger partial charge in [-0.05, 0) is 68.2 Å². The molecule has 1 saturated carbocycles. The molecule has 0 bridgehead atoms. The Balaban J connectivity index is 1.44. The highest BCUT2D eigenvalue weighted by atomic mass is 16.5. The maximum Gasteiger partial charge on any atom is 0.230 e. The summed E-state index contributed by atoms with van der Waals surface area (Å²) in [5.74, 6) is 1.05. The van der Waals surface area contributed by atoms with Crippen LogP contribution < -0.4 is 4.74 Å². The molecule has 1 fully saturated rings. The summed E-state index contributed by atoms with van der Waals surface area (Å²) in [5, 5.41) is 0. The summed E-state index contributed by atoms with van der Waals surface area (Å²) in [6.45, 7) is 2.81. The molecule has 1 amide bonds. The van der Waals surface area contributed by atoms with Crippen molar-refractivity contribution < 1.29 is 9.53 Å². The van der Waals surface area contributed by atoms with Crippen LogP contribution in [0.3, 0.4) is 0 Å². The number of rotatable bonds is 11. The summed E-state index contributed by atoms with van der Waals surface area (Å²) in [6, 6.07) is 19.2. The molecule has 0 saturated heterocycles. The van der Waals surface area contributed by atoms with Crippen LogP contribution in [0.5, 0.6) is 5.75 Å². The van der Waals surface area contributed by atoms with E-state index in [0.29, 0.717) is 6.04 Å². The van der Waals surface area contributed by atoms with Crippen molar-refractivity contribution in [2.75, 3.05) is 13.7 Å². The smallest absolute Gasteiger partial charge is 0.230 e. The summed E-state index contributed by atoms with van der Waals surface area (Å²) >= 11 is 0. The van der Waals surface area contributed by atoms with E-state index in [9.17, 15) is 4.79 Å². The fourth-order valence-corrected chi connectivity index (χ4v) is 3.70. The van der Waals surface area contributed by atoms with E-state index in [2.05, 4.69) is 49.4 Å². The molecule has 1 aliphatic carbocycles. The number of benzene rings is 2. The lowest BCUT2D eigenvalue weighted by atomic mass is 9.95. The molecule has 3 rings (SSSR count). The standard InChI is InChI=1S/C25H33NO2/c1-3-24(25(27)26(2)22-16-17-22)21-14-10-15-23(19-21)28-18-9-5-8-13-20-11-6-4-7-12-20/h4,6-7,10-12,14-15,19,22,24H,3,5,8-9,13,16-18H2,1-2H3. The fraction of sp³-hybridized carbons (Fsp3) is 0.480. The number of amides is 1. The Labute approximate surface area is 169 Å². The Morgan fingerprint density at radius 1 is 1.07 bits per heavy atom. The Hall–Kier alpha value is -2.29. The van der Waals surface area contributed by atoms with Gasteiger partial charge in [-0.25, -0.2) is 0 Å². The van der Waals surface area contributed by atoms with Gasteiger partial charge in [0.25, 0.3) is 0 Å². The first kappa shape index (κ1) is 20.4. The van der Waals surface area contributed by atoms with Gasteiger partial charge >= 0.3 is 0 Å².